The molecule has 0 unspecified atom stereocenters. The average molecular weight is 584 g/mol. The minimum atomic E-state index is -4.17. The first-order valence-corrected chi connectivity index (χ1v) is 15.2. The molecule has 9 heteroatoms. The van der Waals surface area contributed by atoms with Gasteiger partial charge in [-0.05, 0) is 56.0 Å². The number of anilines is 1. The van der Waals surface area contributed by atoms with Crippen molar-refractivity contribution in [2.45, 2.75) is 58.5 Å². The predicted molar refractivity (Wildman–Crippen MR) is 161 cm³/mol. The number of nitrogens with zero attached hydrogens (tertiary/aromatic N) is 2. The number of halogens is 1. The lowest BCUT2D eigenvalue weighted by molar-refractivity contribution is -0.140. The number of para-hydroxylation sites is 1. The highest BCUT2D eigenvalue weighted by Crippen LogP contribution is 2.31. The molecule has 0 aliphatic rings. The fraction of sp³-hybridized carbons (Fsp3) is 0.355. The van der Waals surface area contributed by atoms with Gasteiger partial charge in [0.25, 0.3) is 10.0 Å². The number of hydrogen-bond acceptors (Lipinski definition) is 4. The van der Waals surface area contributed by atoms with Crippen LogP contribution in [0.3, 0.4) is 0 Å². The van der Waals surface area contributed by atoms with Gasteiger partial charge in [0.2, 0.25) is 11.8 Å². The number of nitrogens with one attached hydrogen (secondary N) is 1. The Labute approximate surface area is 243 Å². The monoisotopic (exact) mass is 583 g/mol. The minimum absolute atomic E-state index is 0.0396. The summed E-state index contributed by atoms with van der Waals surface area (Å²) < 4.78 is 28.9. The number of carbonyl (C=O) groups excluding carboxylic acids is 2. The molecule has 0 bridgehead atoms. The third kappa shape index (κ3) is 7.86. The molecule has 214 valence electrons. The van der Waals surface area contributed by atoms with Crippen LogP contribution in [-0.4, -0.2) is 44.3 Å². The van der Waals surface area contributed by atoms with E-state index in [1.807, 2.05) is 58.9 Å². The second kappa shape index (κ2) is 13.8. The largest absolute Gasteiger partial charge is 0.354 e. The second-order valence-electron chi connectivity index (χ2n) is 10.3. The van der Waals surface area contributed by atoms with Gasteiger partial charge in [-0.25, -0.2) is 8.42 Å². The van der Waals surface area contributed by atoms with Crippen LogP contribution in [0.1, 0.15) is 43.9 Å². The zero-order valence-corrected chi connectivity index (χ0v) is 25.3. The smallest absolute Gasteiger partial charge is 0.264 e. The fourth-order valence-electron chi connectivity index (χ4n) is 4.35. The molecular formula is C31H38ClN3O4S. The maximum Gasteiger partial charge on any atom is 0.264 e. The summed E-state index contributed by atoms with van der Waals surface area (Å²) in [5, 5.41) is 3.13. The molecule has 0 spiro atoms. The lowest BCUT2D eigenvalue weighted by atomic mass is 10.1. The molecule has 1 atom stereocenters. The maximum atomic E-state index is 14.1. The van der Waals surface area contributed by atoms with Crippen LogP contribution in [0.15, 0.2) is 77.7 Å². The molecule has 0 heterocycles. The van der Waals surface area contributed by atoms with E-state index >= 15 is 0 Å². The minimum Gasteiger partial charge on any atom is -0.354 e. The summed E-state index contributed by atoms with van der Waals surface area (Å²) in [5.41, 5.74) is 2.95. The third-order valence-electron chi connectivity index (χ3n) is 6.51. The Balaban J connectivity index is 2.06. The molecule has 0 saturated heterocycles. The molecule has 0 fully saturated rings. The molecule has 0 aromatic heterocycles. The molecule has 0 aliphatic carbocycles. The van der Waals surface area contributed by atoms with Crippen molar-refractivity contribution >= 4 is 39.1 Å². The molecular weight excluding hydrogens is 546 g/mol. The van der Waals surface area contributed by atoms with E-state index in [4.69, 9.17) is 11.6 Å². The lowest BCUT2D eigenvalue weighted by Crippen LogP contribution is -2.52. The van der Waals surface area contributed by atoms with Crippen molar-refractivity contribution in [1.29, 1.82) is 0 Å². The van der Waals surface area contributed by atoms with Crippen molar-refractivity contribution in [2.75, 3.05) is 17.4 Å². The fourth-order valence-corrected chi connectivity index (χ4v) is 6.07. The van der Waals surface area contributed by atoms with Crippen LogP contribution >= 0.6 is 11.6 Å². The van der Waals surface area contributed by atoms with E-state index in [9.17, 15) is 18.0 Å². The zero-order chi connectivity index (χ0) is 29.4. The molecule has 0 aliphatic heterocycles. The SMILES string of the molecule is CC[C@@H](C(=O)NCC(C)C)N(Cc1cccc(C)c1)C(=O)CN(c1ccccc1Cl)S(=O)(=O)c1ccc(C)cc1. The number of benzene rings is 3. The summed E-state index contributed by atoms with van der Waals surface area (Å²) >= 11 is 6.46. The van der Waals surface area contributed by atoms with Crippen LogP contribution in [0.4, 0.5) is 5.69 Å². The van der Waals surface area contributed by atoms with Crippen molar-refractivity contribution in [3.05, 3.63) is 94.5 Å². The van der Waals surface area contributed by atoms with Gasteiger partial charge in [-0.3, -0.25) is 13.9 Å². The number of carbonyl (C=O) groups is 2. The van der Waals surface area contributed by atoms with Crippen LogP contribution in [0.5, 0.6) is 0 Å². The van der Waals surface area contributed by atoms with Crippen molar-refractivity contribution < 1.29 is 18.0 Å². The van der Waals surface area contributed by atoms with Gasteiger partial charge in [-0.15, -0.1) is 0 Å². The number of hydrogen-bond donors (Lipinski definition) is 1. The maximum absolute atomic E-state index is 14.1. The van der Waals surface area contributed by atoms with Crippen LogP contribution in [0.25, 0.3) is 0 Å². The summed E-state index contributed by atoms with van der Waals surface area (Å²) in [7, 11) is -4.17. The Morgan fingerprint density at radius 1 is 0.925 bits per heavy atom. The molecule has 40 heavy (non-hydrogen) atoms. The topological polar surface area (TPSA) is 86.8 Å². The van der Waals surface area contributed by atoms with Crippen molar-refractivity contribution in [3.63, 3.8) is 0 Å². The Morgan fingerprint density at radius 3 is 2.20 bits per heavy atom. The van der Waals surface area contributed by atoms with Gasteiger partial charge >= 0.3 is 0 Å². The van der Waals surface area contributed by atoms with Crippen LogP contribution < -0.4 is 9.62 Å². The average Bonchev–Trinajstić information content (AvgIpc) is 2.91. The van der Waals surface area contributed by atoms with Crippen LogP contribution in [0, 0.1) is 19.8 Å². The predicted octanol–water partition coefficient (Wildman–Crippen LogP) is 5.73. The van der Waals surface area contributed by atoms with Gasteiger partial charge in [0.05, 0.1) is 15.6 Å². The van der Waals surface area contributed by atoms with E-state index in [-0.39, 0.29) is 34.0 Å². The summed E-state index contributed by atoms with van der Waals surface area (Å²) in [4.78, 5) is 28.9. The summed E-state index contributed by atoms with van der Waals surface area (Å²) in [6.07, 6.45) is 0.359. The molecule has 3 aromatic rings. The van der Waals surface area contributed by atoms with Gasteiger partial charge in [0.15, 0.2) is 0 Å². The van der Waals surface area contributed by atoms with Crippen LogP contribution in [-0.2, 0) is 26.2 Å². The molecule has 1 N–H and O–H groups in total. The highest BCUT2D eigenvalue weighted by molar-refractivity contribution is 7.92. The number of aryl methyl sites for hydroxylation is 2. The Kier molecular flexibility index (Phi) is 10.8. The first-order chi connectivity index (χ1) is 18.9. The molecule has 3 aromatic carbocycles. The van der Waals surface area contributed by atoms with Crippen molar-refractivity contribution in [2.24, 2.45) is 5.92 Å². The standard InChI is InChI=1S/C31H38ClN3O4S/c1-6-28(31(37)33-19-22(2)3)34(20-25-11-9-10-24(5)18-25)30(36)21-35(29-13-8-7-12-27(29)32)40(38,39)26-16-14-23(4)15-17-26/h7-18,22,28H,6,19-21H2,1-5H3,(H,33,37)/t28-/m0/s1. The normalized spacial score (nSPS) is 12.2. The van der Waals surface area contributed by atoms with E-state index in [0.717, 1.165) is 21.0 Å². The summed E-state index contributed by atoms with van der Waals surface area (Å²) in [6, 6.07) is 19.8. The number of sulfonamides is 1. The molecule has 3 rings (SSSR count). The van der Waals surface area contributed by atoms with Crippen LogP contribution in [0.2, 0.25) is 5.02 Å². The third-order valence-corrected chi connectivity index (χ3v) is 8.61. The van der Waals surface area contributed by atoms with Gasteiger partial charge in [-0.2, -0.15) is 0 Å². The molecule has 7 nitrogen and oxygen atoms in total. The van der Waals surface area contributed by atoms with E-state index < -0.39 is 28.5 Å². The van der Waals surface area contributed by atoms with Crippen molar-refractivity contribution in [1.82, 2.24) is 10.2 Å². The summed E-state index contributed by atoms with van der Waals surface area (Å²) in [6.45, 7) is 9.73. The lowest BCUT2D eigenvalue weighted by Gasteiger charge is -2.33. The highest BCUT2D eigenvalue weighted by Gasteiger charge is 2.34. The second-order valence-corrected chi connectivity index (χ2v) is 12.6. The Bertz CT molecular complexity index is 1420. The Hall–Kier alpha value is -3.36. The quantitative estimate of drug-likeness (QED) is 0.295. The molecule has 0 radical (unpaired) electrons. The van der Waals surface area contributed by atoms with Crippen molar-refractivity contribution in [3.8, 4) is 0 Å². The summed E-state index contributed by atoms with van der Waals surface area (Å²) in [5.74, 6) is -0.552. The van der Waals surface area contributed by atoms with E-state index in [0.29, 0.717) is 13.0 Å². The van der Waals surface area contributed by atoms with Gasteiger partial charge < -0.3 is 10.2 Å². The number of rotatable bonds is 12. The first-order valence-electron chi connectivity index (χ1n) is 13.4. The first kappa shape index (κ1) is 31.2. The molecule has 0 saturated carbocycles. The van der Waals surface area contributed by atoms with E-state index in [1.165, 1.54) is 17.0 Å². The number of amides is 2. The van der Waals surface area contributed by atoms with E-state index in [1.54, 1.807) is 36.4 Å². The van der Waals surface area contributed by atoms with Gasteiger partial charge in [0, 0.05) is 13.1 Å². The molecule has 2 amide bonds. The zero-order valence-electron chi connectivity index (χ0n) is 23.7. The Morgan fingerprint density at radius 2 is 1.60 bits per heavy atom. The van der Waals surface area contributed by atoms with E-state index in [2.05, 4.69) is 5.32 Å². The highest BCUT2D eigenvalue weighted by atomic mass is 35.5. The van der Waals surface area contributed by atoms with Gasteiger partial charge in [-0.1, -0.05) is 92.0 Å². The van der Waals surface area contributed by atoms with Gasteiger partial charge in [0.1, 0.15) is 12.6 Å².